The Labute approximate surface area is 133 Å². The molecule has 22 heavy (non-hydrogen) atoms. The molecule has 1 aromatic heterocycles. The Kier molecular flexibility index (Phi) is 5.77. The third kappa shape index (κ3) is 4.73. The van der Waals surface area contributed by atoms with E-state index in [0.29, 0.717) is 11.6 Å². The predicted molar refractivity (Wildman–Crippen MR) is 88.0 cm³/mol. The summed E-state index contributed by atoms with van der Waals surface area (Å²) in [6.45, 7) is 3.88. The number of nitrogens with zero attached hydrogens (tertiary/aromatic N) is 1. The molecule has 0 aliphatic carbocycles. The Morgan fingerprint density at radius 2 is 2.09 bits per heavy atom. The number of carbonyl (C=O) groups excluding carboxylic acids is 1. The van der Waals surface area contributed by atoms with Crippen molar-refractivity contribution in [2.75, 3.05) is 5.75 Å². The number of H-pyrrole nitrogens is 1. The highest BCUT2D eigenvalue weighted by molar-refractivity contribution is 7.99. The van der Waals surface area contributed by atoms with Gasteiger partial charge in [-0.25, -0.2) is 4.98 Å². The summed E-state index contributed by atoms with van der Waals surface area (Å²) in [4.78, 5) is 30.4. The largest absolute Gasteiger partial charge is 0.349 e. The minimum atomic E-state index is -0.188. The molecule has 0 fully saturated rings. The van der Waals surface area contributed by atoms with Crippen molar-refractivity contribution < 1.29 is 4.79 Å². The summed E-state index contributed by atoms with van der Waals surface area (Å²) >= 11 is 1.23. The molecule has 116 valence electrons. The van der Waals surface area contributed by atoms with Gasteiger partial charge in [0.15, 0.2) is 5.16 Å². The second-order valence-corrected chi connectivity index (χ2v) is 5.85. The smallest absolute Gasteiger partial charge is 0.251 e. The third-order valence-electron chi connectivity index (χ3n) is 3.15. The molecule has 0 spiro atoms. The highest BCUT2D eigenvalue weighted by atomic mass is 32.2. The molecule has 0 bridgehead atoms. The highest BCUT2D eigenvalue weighted by Gasteiger charge is 2.10. The molecule has 0 aliphatic rings. The second-order valence-electron chi connectivity index (χ2n) is 4.88. The molecule has 5 nitrogen and oxygen atoms in total. The van der Waals surface area contributed by atoms with Crippen molar-refractivity contribution in [2.45, 2.75) is 31.5 Å². The zero-order chi connectivity index (χ0) is 15.9. The molecular formula is C16H19N3O2S. The number of benzene rings is 1. The van der Waals surface area contributed by atoms with Gasteiger partial charge in [-0.2, -0.15) is 0 Å². The number of rotatable bonds is 6. The van der Waals surface area contributed by atoms with Gasteiger partial charge < -0.3 is 10.3 Å². The van der Waals surface area contributed by atoms with Gasteiger partial charge in [0, 0.05) is 11.8 Å². The monoisotopic (exact) mass is 317 g/mol. The standard InChI is InChI=1S/C16H19N3O2S/c1-3-13-9-14(20)19-16(18-13)22-10-15(21)17-11(2)12-7-5-4-6-8-12/h4-9,11H,3,10H2,1-2H3,(H,17,21)(H,18,19,20)/t11-/m0/s1. The number of aromatic amines is 1. The average Bonchev–Trinajstić information content (AvgIpc) is 2.53. The summed E-state index contributed by atoms with van der Waals surface area (Å²) in [5.74, 6) is 0.124. The molecule has 1 atom stereocenters. The molecule has 2 aromatic rings. The van der Waals surface area contributed by atoms with E-state index in [1.807, 2.05) is 44.2 Å². The summed E-state index contributed by atoms with van der Waals surface area (Å²) in [6, 6.07) is 11.2. The Balaban J connectivity index is 1.90. The van der Waals surface area contributed by atoms with Gasteiger partial charge in [0.2, 0.25) is 5.91 Å². The lowest BCUT2D eigenvalue weighted by atomic mass is 10.1. The quantitative estimate of drug-likeness (QED) is 0.633. The molecule has 1 amide bonds. The Morgan fingerprint density at radius 3 is 2.77 bits per heavy atom. The number of thioether (sulfide) groups is 1. The molecule has 0 saturated heterocycles. The molecule has 0 aliphatic heterocycles. The van der Waals surface area contributed by atoms with Crippen LogP contribution in [0.4, 0.5) is 0 Å². The Hall–Kier alpha value is -2.08. The van der Waals surface area contributed by atoms with Gasteiger partial charge in [-0.15, -0.1) is 0 Å². The van der Waals surface area contributed by atoms with E-state index in [1.165, 1.54) is 17.8 Å². The molecule has 2 N–H and O–H groups in total. The van der Waals surface area contributed by atoms with E-state index in [0.717, 1.165) is 11.3 Å². The van der Waals surface area contributed by atoms with Crippen molar-refractivity contribution in [3.05, 3.63) is 58.0 Å². The van der Waals surface area contributed by atoms with Gasteiger partial charge in [-0.1, -0.05) is 49.0 Å². The van der Waals surface area contributed by atoms with Crippen LogP contribution >= 0.6 is 11.8 Å². The average molecular weight is 317 g/mol. The number of amides is 1. The molecule has 0 saturated carbocycles. The molecule has 0 unspecified atom stereocenters. The van der Waals surface area contributed by atoms with E-state index in [1.54, 1.807) is 0 Å². The van der Waals surface area contributed by atoms with Gasteiger partial charge >= 0.3 is 0 Å². The summed E-state index contributed by atoms with van der Waals surface area (Å²) in [5.41, 5.74) is 1.59. The van der Waals surface area contributed by atoms with Crippen molar-refractivity contribution in [1.82, 2.24) is 15.3 Å². The summed E-state index contributed by atoms with van der Waals surface area (Å²) in [5, 5.41) is 3.41. The first-order valence-corrected chi connectivity index (χ1v) is 8.14. The zero-order valence-corrected chi connectivity index (χ0v) is 13.4. The lowest BCUT2D eigenvalue weighted by Crippen LogP contribution is -2.28. The lowest BCUT2D eigenvalue weighted by molar-refractivity contribution is -0.119. The van der Waals surface area contributed by atoms with Crippen LogP contribution in [0.1, 0.15) is 31.1 Å². The van der Waals surface area contributed by atoms with Gasteiger partial charge in [0.1, 0.15) is 0 Å². The van der Waals surface area contributed by atoms with Crippen molar-refractivity contribution in [3.63, 3.8) is 0 Å². The fraction of sp³-hybridized carbons (Fsp3) is 0.312. The van der Waals surface area contributed by atoms with Gasteiger partial charge in [0.25, 0.3) is 5.56 Å². The number of aromatic nitrogens is 2. The second kappa shape index (κ2) is 7.79. The maximum Gasteiger partial charge on any atom is 0.251 e. The van der Waals surface area contributed by atoms with E-state index in [4.69, 9.17) is 0 Å². The Morgan fingerprint density at radius 1 is 1.36 bits per heavy atom. The molecular weight excluding hydrogens is 298 g/mol. The van der Waals surface area contributed by atoms with Gasteiger partial charge in [-0.3, -0.25) is 9.59 Å². The maximum absolute atomic E-state index is 12.0. The van der Waals surface area contributed by atoms with Gasteiger partial charge in [0.05, 0.1) is 11.8 Å². The van der Waals surface area contributed by atoms with Crippen molar-refractivity contribution in [1.29, 1.82) is 0 Å². The summed E-state index contributed by atoms with van der Waals surface area (Å²) in [6.07, 6.45) is 0.689. The lowest BCUT2D eigenvalue weighted by Gasteiger charge is -2.13. The predicted octanol–water partition coefficient (Wildman–Crippen LogP) is 2.30. The zero-order valence-electron chi connectivity index (χ0n) is 12.6. The first-order valence-electron chi connectivity index (χ1n) is 7.16. The molecule has 2 rings (SSSR count). The number of aryl methyl sites for hydroxylation is 1. The van der Waals surface area contributed by atoms with Crippen LogP contribution in [0.2, 0.25) is 0 Å². The minimum absolute atomic E-state index is 0.0525. The van der Waals surface area contributed by atoms with Gasteiger partial charge in [-0.05, 0) is 18.9 Å². The first kappa shape index (κ1) is 16.3. The highest BCUT2D eigenvalue weighted by Crippen LogP contribution is 2.14. The number of nitrogens with one attached hydrogen (secondary N) is 2. The number of hydrogen-bond donors (Lipinski definition) is 2. The van der Waals surface area contributed by atoms with Crippen LogP contribution < -0.4 is 10.9 Å². The SMILES string of the molecule is CCc1cc(=O)[nH]c(SCC(=O)N[C@@H](C)c2ccccc2)n1. The van der Waals surface area contributed by atoms with E-state index in [9.17, 15) is 9.59 Å². The van der Waals surface area contributed by atoms with Crippen molar-refractivity contribution in [2.24, 2.45) is 0 Å². The molecule has 0 radical (unpaired) electrons. The van der Waals surface area contributed by atoms with E-state index in [-0.39, 0.29) is 23.3 Å². The number of hydrogen-bond acceptors (Lipinski definition) is 4. The van der Waals surface area contributed by atoms with Crippen LogP contribution in [0, 0.1) is 0 Å². The number of carbonyl (C=O) groups is 1. The van der Waals surface area contributed by atoms with Crippen molar-refractivity contribution in [3.8, 4) is 0 Å². The molecule has 1 heterocycles. The van der Waals surface area contributed by atoms with Crippen LogP contribution in [-0.2, 0) is 11.2 Å². The topological polar surface area (TPSA) is 74.8 Å². The normalized spacial score (nSPS) is 11.9. The van der Waals surface area contributed by atoms with Crippen molar-refractivity contribution >= 4 is 17.7 Å². The summed E-state index contributed by atoms with van der Waals surface area (Å²) < 4.78 is 0. The Bertz CT molecular complexity index is 685. The molecule has 6 heteroatoms. The third-order valence-corrected chi connectivity index (χ3v) is 4.03. The molecule has 1 aromatic carbocycles. The maximum atomic E-state index is 12.0. The van der Waals surface area contributed by atoms with Crippen LogP contribution in [0.15, 0.2) is 46.3 Å². The fourth-order valence-electron chi connectivity index (χ4n) is 1.98. The minimum Gasteiger partial charge on any atom is -0.349 e. The van der Waals surface area contributed by atoms with Crippen LogP contribution in [0.25, 0.3) is 0 Å². The van der Waals surface area contributed by atoms with Crippen LogP contribution in [-0.4, -0.2) is 21.6 Å². The summed E-state index contributed by atoms with van der Waals surface area (Å²) in [7, 11) is 0. The van der Waals surface area contributed by atoms with Crippen LogP contribution in [0.3, 0.4) is 0 Å². The van der Waals surface area contributed by atoms with E-state index >= 15 is 0 Å². The van der Waals surface area contributed by atoms with E-state index in [2.05, 4.69) is 15.3 Å². The van der Waals surface area contributed by atoms with Crippen LogP contribution in [0.5, 0.6) is 0 Å². The fourth-order valence-corrected chi connectivity index (χ4v) is 2.68. The first-order chi connectivity index (χ1) is 10.6. The van der Waals surface area contributed by atoms with E-state index < -0.39 is 0 Å².